The maximum absolute atomic E-state index is 14.0. The van der Waals surface area contributed by atoms with Crippen molar-refractivity contribution in [3.05, 3.63) is 74.5 Å². The molecule has 0 aromatic heterocycles. The van der Waals surface area contributed by atoms with E-state index in [2.05, 4.69) is 27.5 Å². The summed E-state index contributed by atoms with van der Waals surface area (Å²) < 4.78 is 41.4. The number of piperazine rings is 1. The zero-order valence-electron chi connectivity index (χ0n) is 20.7. The van der Waals surface area contributed by atoms with E-state index < -0.39 is 36.3 Å². The Labute approximate surface area is 231 Å². The molecule has 38 heavy (non-hydrogen) atoms. The fourth-order valence-corrected chi connectivity index (χ4v) is 5.09. The Morgan fingerprint density at radius 3 is 2.26 bits per heavy atom. The summed E-state index contributed by atoms with van der Waals surface area (Å²) in [5.41, 5.74) is -0.243. The standard InChI is InChI=1S/C26H26F3IN4O4/c1-16-22(24(37)32-12-10-31(2)11-13-32)23(17-6-8-19(30)9-7-17)33(15-21(35)36)25(38)34(16)20-5-3-4-18(14-20)26(27,28)29/h3-9,14,23H,10-13,15H2,1-2H3,(H,35,36)/t23-/m1/s1. The monoisotopic (exact) mass is 642 g/mol. The van der Waals surface area contributed by atoms with Gasteiger partial charge in [-0.15, -0.1) is 0 Å². The van der Waals surface area contributed by atoms with Gasteiger partial charge in [0.25, 0.3) is 5.91 Å². The van der Waals surface area contributed by atoms with Crippen LogP contribution in [0.1, 0.15) is 24.1 Å². The molecule has 12 heteroatoms. The third kappa shape index (κ3) is 5.65. The lowest BCUT2D eigenvalue weighted by molar-refractivity contribution is -0.139. The molecule has 4 rings (SSSR count). The molecule has 3 amide bonds. The summed E-state index contributed by atoms with van der Waals surface area (Å²) in [5.74, 6) is -1.71. The molecule has 2 aliphatic rings. The molecule has 0 spiro atoms. The summed E-state index contributed by atoms with van der Waals surface area (Å²) >= 11 is 2.11. The molecular formula is C26H26F3IN4O4. The van der Waals surface area contributed by atoms with E-state index in [1.165, 1.54) is 19.1 Å². The molecule has 1 N–H and O–H groups in total. The lowest BCUT2D eigenvalue weighted by Crippen LogP contribution is -2.55. The first kappa shape index (κ1) is 27.9. The van der Waals surface area contributed by atoms with Crippen molar-refractivity contribution < 1.29 is 32.7 Å². The van der Waals surface area contributed by atoms with Crippen LogP contribution in [0.3, 0.4) is 0 Å². The number of carbonyl (C=O) groups is 3. The average Bonchev–Trinajstić information content (AvgIpc) is 2.86. The number of carboxylic acid groups (broad SMARTS) is 1. The smallest absolute Gasteiger partial charge is 0.416 e. The van der Waals surface area contributed by atoms with Gasteiger partial charge in [-0.3, -0.25) is 14.5 Å². The van der Waals surface area contributed by atoms with Gasteiger partial charge < -0.3 is 19.8 Å². The molecule has 0 saturated carbocycles. The average molecular weight is 642 g/mol. The molecule has 0 unspecified atom stereocenters. The van der Waals surface area contributed by atoms with Gasteiger partial charge in [0, 0.05) is 35.4 Å². The van der Waals surface area contributed by atoms with Crippen molar-refractivity contribution in [2.45, 2.75) is 19.1 Å². The first-order valence-electron chi connectivity index (χ1n) is 11.8. The molecule has 0 bridgehead atoms. The highest BCUT2D eigenvalue weighted by Crippen LogP contribution is 2.41. The SMILES string of the molecule is CC1=C(C(=O)N2CCN(C)CC2)[C@@H](c2ccc(I)cc2)N(CC(=O)O)C(=O)N1c1cccc(C(F)(F)F)c1. The number of urea groups is 1. The summed E-state index contributed by atoms with van der Waals surface area (Å²) in [7, 11) is 1.93. The van der Waals surface area contributed by atoms with Crippen LogP contribution in [0.2, 0.25) is 0 Å². The first-order chi connectivity index (χ1) is 17.9. The van der Waals surface area contributed by atoms with Crippen molar-refractivity contribution in [2.75, 3.05) is 44.7 Å². The van der Waals surface area contributed by atoms with Crippen LogP contribution in [0.5, 0.6) is 0 Å². The minimum atomic E-state index is -4.66. The van der Waals surface area contributed by atoms with E-state index in [1.54, 1.807) is 29.2 Å². The summed E-state index contributed by atoms with van der Waals surface area (Å²) in [5, 5.41) is 9.69. The van der Waals surface area contributed by atoms with Crippen LogP contribution in [-0.4, -0.2) is 77.5 Å². The molecule has 1 atom stereocenters. The third-order valence-corrected chi connectivity index (χ3v) is 7.41. The Bertz CT molecular complexity index is 1270. The highest BCUT2D eigenvalue weighted by atomic mass is 127. The number of amides is 3. The number of carboxylic acids is 1. The zero-order valence-corrected chi connectivity index (χ0v) is 22.9. The molecule has 2 heterocycles. The molecule has 8 nitrogen and oxygen atoms in total. The van der Waals surface area contributed by atoms with Gasteiger partial charge in [0.1, 0.15) is 6.54 Å². The van der Waals surface area contributed by atoms with Crippen LogP contribution in [-0.2, 0) is 15.8 Å². The summed E-state index contributed by atoms with van der Waals surface area (Å²) in [6, 6.07) is 9.36. The Kier molecular flexibility index (Phi) is 8.02. The summed E-state index contributed by atoms with van der Waals surface area (Å²) in [6.07, 6.45) is -4.66. The minimum Gasteiger partial charge on any atom is -0.480 e. The Hall–Kier alpha value is -3.13. The molecule has 1 fully saturated rings. The van der Waals surface area contributed by atoms with Gasteiger partial charge in [0.05, 0.1) is 22.9 Å². The second kappa shape index (κ2) is 10.9. The van der Waals surface area contributed by atoms with E-state index in [9.17, 15) is 32.7 Å². The lowest BCUT2D eigenvalue weighted by atomic mass is 9.91. The van der Waals surface area contributed by atoms with Gasteiger partial charge >= 0.3 is 18.2 Å². The van der Waals surface area contributed by atoms with Crippen molar-refractivity contribution in [2.24, 2.45) is 0 Å². The van der Waals surface area contributed by atoms with Crippen molar-refractivity contribution in [1.82, 2.24) is 14.7 Å². The molecular weight excluding hydrogens is 616 g/mol. The number of halogens is 4. The largest absolute Gasteiger partial charge is 0.480 e. The number of hydrogen-bond donors (Lipinski definition) is 1. The number of benzene rings is 2. The molecule has 0 aliphatic carbocycles. The van der Waals surface area contributed by atoms with Crippen molar-refractivity contribution in [1.29, 1.82) is 0 Å². The van der Waals surface area contributed by atoms with Gasteiger partial charge in [-0.05, 0) is 72.5 Å². The van der Waals surface area contributed by atoms with Gasteiger partial charge in [0.2, 0.25) is 0 Å². The fraction of sp³-hybridized carbons (Fsp3) is 0.346. The van der Waals surface area contributed by atoms with Gasteiger partial charge in [-0.1, -0.05) is 18.2 Å². The number of rotatable bonds is 5. The van der Waals surface area contributed by atoms with E-state index in [-0.39, 0.29) is 22.9 Å². The second-order valence-electron chi connectivity index (χ2n) is 9.24. The Morgan fingerprint density at radius 1 is 1.05 bits per heavy atom. The number of carbonyl (C=O) groups excluding carboxylic acids is 2. The maximum atomic E-state index is 14.0. The van der Waals surface area contributed by atoms with Crippen LogP contribution in [0.25, 0.3) is 0 Å². The summed E-state index contributed by atoms with van der Waals surface area (Å²) in [6.45, 7) is 2.85. The number of anilines is 1. The molecule has 202 valence electrons. The quantitative estimate of drug-likeness (QED) is 0.489. The number of nitrogens with zero attached hydrogens (tertiary/aromatic N) is 4. The van der Waals surface area contributed by atoms with Crippen molar-refractivity contribution in [3.8, 4) is 0 Å². The molecule has 2 aliphatic heterocycles. The van der Waals surface area contributed by atoms with Gasteiger partial charge in [-0.25, -0.2) is 4.79 Å². The third-order valence-electron chi connectivity index (χ3n) is 6.69. The van der Waals surface area contributed by atoms with E-state index in [1.807, 2.05) is 7.05 Å². The summed E-state index contributed by atoms with van der Waals surface area (Å²) in [4.78, 5) is 45.5. The first-order valence-corrected chi connectivity index (χ1v) is 12.9. The number of allylic oxidation sites excluding steroid dienone is 1. The van der Waals surface area contributed by atoms with Gasteiger partial charge in [-0.2, -0.15) is 13.2 Å². The molecule has 1 saturated heterocycles. The molecule has 0 radical (unpaired) electrons. The predicted molar refractivity (Wildman–Crippen MR) is 142 cm³/mol. The van der Waals surface area contributed by atoms with Crippen LogP contribution in [0.4, 0.5) is 23.7 Å². The van der Waals surface area contributed by atoms with Gasteiger partial charge in [0.15, 0.2) is 0 Å². The number of aliphatic carboxylic acids is 1. The lowest BCUT2D eigenvalue weighted by Gasteiger charge is -2.44. The minimum absolute atomic E-state index is 0.109. The maximum Gasteiger partial charge on any atom is 0.416 e. The Balaban J connectivity index is 1.92. The fourth-order valence-electron chi connectivity index (χ4n) is 4.73. The highest BCUT2D eigenvalue weighted by molar-refractivity contribution is 14.1. The Morgan fingerprint density at radius 2 is 1.68 bits per heavy atom. The zero-order chi connectivity index (χ0) is 27.8. The second-order valence-corrected chi connectivity index (χ2v) is 10.5. The van der Waals surface area contributed by atoms with E-state index in [4.69, 9.17) is 0 Å². The van der Waals surface area contributed by atoms with Crippen LogP contribution < -0.4 is 4.90 Å². The van der Waals surface area contributed by atoms with Crippen LogP contribution in [0, 0.1) is 3.57 Å². The molecule has 2 aromatic rings. The van der Waals surface area contributed by atoms with Crippen LogP contribution in [0.15, 0.2) is 59.8 Å². The van der Waals surface area contributed by atoms with Crippen molar-refractivity contribution >= 4 is 46.2 Å². The molecule has 2 aromatic carbocycles. The van der Waals surface area contributed by atoms with E-state index in [0.29, 0.717) is 31.7 Å². The number of alkyl halides is 3. The number of hydrogen-bond acceptors (Lipinski definition) is 4. The number of likely N-dealkylation sites (N-methyl/N-ethyl adjacent to an activating group) is 1. The van der Waals surface area contributed by atoms with Crippen LogP contribution >= 0.6 is 22.6 Å². The predicted octanol–water partition coefficient (Wildman–Crippen LogP) is 4.43. The normalized spacial score (nSPS) is 19.3. The van der Waals surface area contributed by atoms with E-state index >= 15 is 0 Å². The van der Waals surface area contributed by atoms with E-state index in [0.717, 1.165) is 25.5 Å². The highest BCUT2D eigenvalue weighted by Gasteiger charge is 2.44. The topological polar surface area (TPSA) is 84.4 Å². The van der Waals surface area contributed by atoms with Crippen molar-refractivity contribution in [3.63, 3.8) is 0 Å².